The van der Waals surface area contributed by atoms with Crippen LogP contribution in [0.15, 0.2) is 41.6 Å². The van der Waals surface area contributed by atoms with E-state index in [-0.39, 0.29) is 22.8 Å². The van der Waals surface area contributed by atoms with E-state index in [1.165, 1.54) is 33.9 Å². The summed E-state index contributed by atoms with van der Waals surface area (Å²) in [4.78, 5) is 30.6. The predicted molar refractivity (Wildman–Crippen MR) is 97.2 cm³/mol. The minimum absolute atomic E-state index is 0.0337. The van der Waals surface area contributed by atoms with Gasteiger partial charge in [-0.1, -0.05) is 6.07 Å². The smallest absolute Gasteiger partial charge is 0.338 e. The minimum atomic E-state index is -1.14. The first-order chi connectivity index (χ1) is 13.3. The number of carboxylic acid groups (broad SMARTS) is 1. The summed E-state index contributed by atoms with van der Waals surface area (Å²) in [6.07, 6.45) is 3.83. The fraction of sp³-hybridized carbons (Fsp3) is 0.167. The van der Waals surface area contributed by atoms with E-state index in [0.717, 1.165) is 11.8 Å². The number of halogens is 1. The van der Waals surface area contributed by atoms with Gasteiger partial charge in [-0.2, -0.15) is 10.2 Å². The second kappa shape index (κ2) is 6.41. The highest BCUT2D eigenvalue weighted by molar-refractivity contribution is 5.87. The summed E-state index contributed by atoms with van der Waals surface area (Å²) < 4.78 is 16.3. The van der Waals surface area contributed by atoms with E-state index in [9.17, 15) is 14.0 Å². The molecule has 4 rings (SSSR count). The SMILES string of the molecule is Cc1ccc(F)cc1C(C)n1ncc2nc(-n3cc(C(=O)O)cn3)[nH]c(=O)c21. The molecule has 1 unspecified atom stereocenters. The molecule has 3 heterocycles. The molecule has 0 fully saturated rings. The summed E-state index contributed by atoms with van der Waals surface area (Å²) in [6, 6.07) is 4.07. The lowest BCUT2D eigenvalue weighted by Gasteiger charge is -2.16. The van der Waals surface area contributed by atoms with Gasteiger partial charge >= 0.3 is 5.97 Å². The van der Waals surface area contributed by atoms with Crippen LogP contribution in [0.4, 0.5) is 4.39 Å². The second-order valence-electron chi connectivity index (χ2n) is 6.37. The highest BCUT2D eigenvalue weighted by atomic mass is 19.1. The molecule has 1 aromatic carbocycles. The van der Waals surface area contributed by atoms with Crippen LogP contribution in [0.3, 0.4) is 0 Å². The monoisotopic (exact) mass is 382 g/mol. The van der Waals surface area contributed by atoms with E-state index in [2.05, 4.69) is 20.2 Å². The van der Waals surface area contributed by atoms with Crippen molar-refractivity contribution < 1.29 is 14.3 Å². The lowest BCUT2D eigenvalue weighted by molar-refractivity contribution is 0.0697. The normalized spacial score (nSPS) is 12.4. The van der Waals surface area contributed by atoms with Gasteiger partial charge in [-0.05, 0) is 37.1 Å². The van der Waals surface area contributed by atoms with Crippen LogP contribution < -0.4 is 5.56 Å². The number of aromatic nitrogens is 6. The number of rotatable bonds is 4. The third kappa shape index (κ3) is 2.84. The number of carboxylic acids is 1. The Bertz CT molecular complexity index is 1270. The van der Waals surface area contributed by atoms with Gasteiger partial charge in [0.1, 0.15) is 11.3 Å². The Morgan fingerprint density at radius 2 is 2.07 bits per heavy atom. The van der Waals surface area contributed by atoms with Crippen LogP contribution >= 0.6 is 0 Å². The molecular formula is C18H15FN6O3. The van der Waals surface area contributed by atoms with Crippen molar-refractivity contribution in [2.24, 2.45) is 0 Å². The van der Waals surface area contributed by atoms with Crippen LogP contribution in [0.25, 0.3) is 17.0 Å². The minimum Gasteiger partial charge on any atom is -0.478 e. The topological polar surface area (TPSA) is 119 Å². The number of nitrogens with zero attached hydrogens (tertiary/aromatic N) is 5. The Morgan fingerprint density at radius 3 is 2.79 bits per heavy atom. The lowest BCUT2D eigenvalue weighted by Crippen LogP contribution is -2.19. The standard InChI is InChI=1S/C18H15FN6O3/c1-9-3-4-12(19)5-13(9)10(2)25-15-14(7-21-25)22-18(23-16(15)26)24-8-11(6-20-24)17(27)28/h3-8,10H,1-2H3,(H,27,28)(H,22,23,26). The quantitative estimate of drug-likeness (QED) is 0.558. The number of nitrogens with one attached hydrogen (secondary N) is 1. The fourth-order valence-corrected chi connectivity index (χ4v) is 3.10. The molecule has 0 saturated carbocycles. The number of benzene rings is 1. The molecule has 0 spiro atoms. The average molecular weight is 382 g/mol. The summed E-state index contributed by atoms with van der Waals surface area (Å²) in [5.41, 5.74) is 1.61. The van der Waals surface area contributed by atoms with Gasteiger partial charge in [-0.15, -0.1) is 0 Å². The van der Waals surface area contributed by atoms with Gasteiger partial charge in [0.25, 0.3) is 5.56 Å². The number of hydrogen-bond donors (Lipinski definition) is 2. The molecule has 2 N–H and O–H groups in total. The molecule has 0 radical (unpaired) electrons. The number of hydrogen-bond acceptors (Lipinski definition) is 5. The molecule has 0 aliphatic heterocycles. The maximum Gasteiger partial charge on any atom is 0.338 e. The molecule has 0 bridgehead atoms. The van der Waals surface area contributed by atoms with Crippen molar-refractivity contribution in [2.45, 2.75) is 19.9 Å². The van der Waals surface area contributed by atoms with E-state index < -0.39 is 17.6 Å². The van der Waals surface area contributed by atoms with Crippen molar-refractivity contribution in [1.82, 2.24) is 29.5 Å². The van der Waals surface area contributed by atoms with Gasteiger partial charge in [0.05, 0.1) is 24.0 Å². The van der Waals surface area contributed by atoms with Crippen molar-refractivity contribution in [1.29, 1.82) is 0 Å². The zero-order valence-electron chi connectivity index (χ0n) is 14.9. The van der Waals surface area contributed by atoms with Crippen LogP contribution in [-0.4, -0.2) is 40.6 Å². The molecule has 0 aliphatic carbocycles. The van der Waals surface area contributed by atoms with Crippen LogP contribution in [-0.2, 0) is 0 Å². The molecule has 3 aromatic heterocycles. The number of carbonyl (C=O) groups is 1. The van der Waals surface area contributed by atoms with E-state index >= 15 is 0 Å². The molecule has 0 aliphatic rings. The maximum atomic E-state index is 13.7. The van der Waals surface area contributed by atoms with Crippen molar-refractivity contribution in [3.8, 4) is 5.95 Å². The van der Waals surface area contributed by atoms with E-state index in [0.29, 0.717) is 11.1 Å². The van der Waals surface area contributed by atoms with Crippen LogP contribution in [0.1, 0.15) is 34.5 Å². The van der Waals surface area contributed by atoms with E-state index in [4.69, 9.17) is 5.11 Å². The highest BCUT2D eigenvalue weighted by Gasteiger charge is 2.19. The third-order valence-corrected chi connectivity index (χ3v) is 4.55. The predicted octanol–water partition coefficient (Wildman–Crippen LogP) is 2.06. The third-order valence-electron chi connectivity index (χ3n) is 4.55. The highest BCUT2D eigenvalue weighted by Crippen LogP contribution is 2.24. The fourth-order valence-electron chi connectivity index (χ4n) is 3.10. The number of H-pyrrole nitrogens is 1. The molecule has 4 aromatic rings. The summed E-state index contributed by atoms with van der Waals surface area (Å²) in [5, 5.41) is 17.2. The first kappa shape index (κ1) is 17.6. The van der Waals surface area contributed by atoms with Crippen molar-refractivity contribution in [3.63, 3.8) is 0 Å². The van der Waals surface area contributed by atoms with Crippen LogP contribution in [0, 0.1) is 12.7 Å². The molecule has 1 atom stereocenters. The zero-order valence-corrected chi connectivity index (χ0v) is 14.9. The molecule has 0 amide bonds. The molecule has 9 nitrogen and oxygen atoms in total. The van der Waals surface area contributed by atoms with Gasteiger partial charge in [-0.25, -0.2) is 18.9 Å². The lowest BCUT2D eigenvalue weighted by atomic mass is 10.0. The van der Waals surface area contributed by atoms with E-state index in [1.54, 1.807) is 6.07 Å². The van der Waals surface area contributed by atoms with Gasteiger partial charge in [0.2, 0.25) is 5.95 Å². The maximum absolute atomic E-state index is 13.7. The summed E-state index contributed by atoms with van der Waals surface area (Å²) >= 11 is 0. The Morgan fingerprint density at radius 1 is 1.29 bits per heavy atom. The number of aromatic carboxylic acids is 1. The van der Waals surface area contributed by atoms with Crippen molar-refractivity contribution >= 4 is 17.0 Å². The largest absolute Gasteiger partial charge is 0.478 e. The van der Waals surface area contributed by atoms with Crippen molar-refractivity contribution in [2.75, 3.05) is 0 Å². The van der Waals surface area contributed by atoms with E-state index in [1.807, 2.05) is 13.8 Å². The molecule has 142 valence electrons. The summed E-state index contributed by atoms with van der Waals surface area (Å²) in [6.45, 7) is 3.67. The van der Waals surface area contributed by atoms with Crippen molar-refractivity contribution in [3.05, 3.63) is 69.7 Å². The molecule has 10 heteroatoms. The molecule has 0 saturated heterocycles. The van der Waals surface area contributed by atoms with Gasteiger partial charge in [0, 0.05) is 6.20 Å². The van der Waals surface area contributed by atoms with Crippen LogP contribution in [0.5, 0.6) is 0 Å². The summed E-state index contributed by atoms with van der Waals surface area (Å²) in [7, 11) is 0. The number of aromatic amines is 1. The Labute approximate surface area is 157 Å². The average Bonchev–Trinajstić information content (AvgIpc) is 3.30. The molecule has 28 heavy (non-hydrogen) atoms. The molecular weight excluding hydrogens is 367 g/mol. The Kier molecular flexibility index (Phi) is 4.03. The first-order valence-corrected chi connectivity index (χ1v) is 8.37. The zero-order chi connectivity index (χ0) is 20.0. The van der Waals surface area contributed by atoms with Gasteiger partial charge in [0.15, 0.2) is 5.52 Å². The summed E-state index contributed by atoms with van der Waals surface area (Å²) in [5.74, 6) is -1.44. The van der Waals surface area contributed by atoms with Gasteiger partial charge in [-0.3, -0.25) is 14.5 Å². The second-order valence-corrected chi connectivity index (χ2v) is 6.37. The van der Waals surface area contributed by atoms with Gasteiger partial charge < -0.3 is 5.11 Å². The Balaban J connectivity index is 1.81. The number of aryl methyl sites for hydroxylation is 1. The Hall–Kier alpha value is -3.82. The number of fused-ring (bicyclic) bond motifs is 1. The first-order valence-electron chi connectivity index (χ1n) is 8.37. The van der Waals surface area contributed by atoms with Crippen LogP contribution in [0.2, 0.25) is 0 Å².